The van der Waals surface area contributed by atoms with Crippen LogP contribution in [0.15, 0.2) is 121 Å². The maximum Gasteiger partial charge on any atom is 0.149 e. The van der Waals surface area contributed by atoms with Gasteiger partial charge in [0.1, 0.15) is 11.6 Å². The lowest BCUT2D eigenvalue weighted by Gasteiger charge is -2.42. The van der Waals surface area contributed by atoms with E-state index in [-0.39, 0.29) is 21.7 Å². The van der Waals surface area contributed by atoms with E-state index in [0.717, 1.165) is 80.0 Å². The lowest BCUT2D eigenvalue weighted by molar-refractivity contribution is 0.318. The molecule has 1 aliphatic carbocycles. The Hall–Kier alpha value is -5.48. The molecular weight excluding hydrogens is 683 g/mol. The minimum atomic E-state index is -0.189. The highest BCUT2D eigenvalue weighted by molar-refractivity contribution is 5.98. The molecule has 0 fully saturated rings. The summed E-state index contributed by atoms with van der Waals surface area (Å²) < 4.78 is 2.29. The van der Waals surface area contributed by atoms with Crippen LogP contribution in [0, 0.1) is 0 Å². The van der Waals surface area contributed by atoms with Gasteiger partial charge in [-0.15, -0.1) is 0 Å². The molecule has 2 aromatic heterocycles. The van der Waals surface area contributed by atoms with E-state index in [1.165, 1.54) is 16.7 Å². The van der Waals surface area contributed by atoms with Crippen molar-refractivity contribution in [3.05, 3.63) is 144 Å². The summed E-state index contributed by atoms with van der Waals surface area (Å²) in [4.78, 5) is 10.4. The third-order valence-electron chi connectivity index (χ3n) is 12.1. The fourth-order valence-electron chi connectivity index (χ4n) is 8.61. The van der Waals surface area contributed by atoms with Crippen LogP contribution in [0.1, 0.15) is 104 Å². The zero-order valence-electron chi connectivity index (χ0n) is 34.8. The molecule has 0 atom stereocenters. The van der Waals surface area contributed by atoms with Gasteiger partial charge >= 0.3 is 0 Å². The number of aromatic hydroxyl groups is 1. The van der Waals surface area contributed by atoms with E-state index >= 15 is 0 Å². The molecule has 1 N–H and O–H groups in total. The van der Waals surface area contributed by atoms with Gasteiger partial charge in [0.15, 0.2) is 0 Å². The summed E-state index contributed by atoms with van der Waals surface area (Å²) >= 11 is 0. The third-order valence-corrected chi connectivity index (χ3v) is 12.1. The molecule has 7 aromatic rings. The van der Waals surface area contributed by atoms with Crippen LogP contribution >= 0.6 is 0 Å². The molecule has 284 valence electrons. The first-order chi connectivity index (χ1) is 26.4. The van der Waals surface area contributed by atoms with Crippen molar-refractivity contribution in [1.82, 2.24) is 14.5 Å². The second-order valence-electron chi connectivity index (χ2n) is 19.2. The van der Waals surface area contributed by atoms with E-state index in [9.17, 15) is 5.11 Å². The lowest BCUT2D eigenvalue weighted by Crippen LogP contribution is -2.34. The van der Waals surface area contributed by atoms with Crippen LogP contribution in [0.3, 0.4) is 0 Å². The zero-order chi connectivity index (χ0) is 39.8. The molecule has 0 saturated carbocycles. The number of hydrogen-bond donors (Lipinski definition) is 1. The van der Waals surface area contributed by atoms with Gasteiger partial charge < -0.3 is 5.11 Å². The highest BCUT2D eigenvalue weighted by Crippen LogP contribution is 2.52. The van der Waals surface area contributed by atoms with Gasteiger partial charge in [0.25, 0.3) is 0 Å². The number of phenolic OH excluding ortho intramolecular Hbond substituents is 1. The molecule has 0 radical (unpaired) electrons. The number of nitrogens with zero attached hydrogens (tertiary/aromatic N) is 3. The van der Waals surface area contributed by atoms with Gasteiger partial charge in [-0.2, -0.15) is 0 Å². The van der Waals surface area contributed by atoms with Gasteiger partial charge in [-0.05, 0) is 111 Å². The Kier molecular flexibility index (Phi) is 8.91. The summed E-state index contributed by atoms with van der Waals surface area (Å²) in [5.41, 5.74) is 14.4. The number of aromatic nitrogens is 3. The first-order valence-corrected chi connectivity index (χ1v) is 20.1. The topological polar surface area (TPSA) is 50.9 Å². The van der Waals surface area contributed by atoms with Gasteiger partial charge in [0, 0.05) is 28.5 Å². The number of fused-ring (bicyclic) bond motifs is 2. The highest BCUT2D eigenvalue weighted by Gasteiger charge is 2.40. The summed E-state index contributed by atoms with van der Waals surface area (Å²) in [6, 6.07) is 41.3. The summed E-state index contributed by atoms with van der Waals surface area (Å²) in [6.07, 6.45) is 3.93. The van der Waals surface area contributed by atoms with E-state index < -0.39 is 0 Å². The monoisotopic (exact) mass is 737 g/mol. The van der Waals surface area contributed by atoms with Crippen molar-refractivity contribution < 1.29 is 5.11 Å². The Morgan fingerprint density at radius 2 is 1.29 bits per heavy atom. The summed E-state index contributed by atoms with van der Waals surface area (Å²) in [7, 11) is 0. The predicted molar refractivity (Wildman–Crippen MR) is 235 cm³/mol. The molecule has 2 heterocycles. The van der Waals surface area contributed by atoms with Crippen molar-refractivity contribution >= 4 is 11.0 Å². The van der Waals surface area contributed by atoms with Crippen molar-refractivity contribution in [3.8, 4) is 56.3 Å². The van der Waals surface area contributed by atoms with E-state index in [1.54, 1.807) is 0 Å². The van der Waals surface area contributed by atoms with Gasteiger partial charge in [-0.3, -0.25) is 9.55 Å². The average Bonchev–Trinajstić information content (AvgIpc) is 3.55. The molecule has 0 unspecified atom stereocenters. The maximum atomic E-state index is 12.6. The van der Waals surface area contributed by atoms with Gasteiger partial charge in [-0.25, -0.2) is 4.98 Å². The first kappa shape index (κ1) is 37.4. The Morgan fingerprint density at radius 1 is 0.589 bits per heavy atom. The summed E-state index contributed by atoms with van der Waals surface area (Å²) in [5, 5.41) is 12.6. The third kappa shape index (κ3) is 6.53. The second kappa shape index (κ2) is 13.3. The Balaban J connectivity index is 1.48. The van der Waals surface area contributed by atoms with Gasteiger partial charge in [0.2, 0.25) is 0 Å². The number of benzene rings is 5. The molecule has 56 heavy (non-hydrogen) atoms. The molecule has 5 aromatic carbocycles. The number of rotatable bonds is 5. The number of phenols is 1. The standard InChI is InChI=1S/C52H55N3O/c1-49(2,3)36-22-25-43(40(32-36)33-17-12-11-13-18-33)55-44-21-16-19-38(34-29-35(42-20-14-15-28-53-42)31-37(30-34)50(4,5)6)46(44)54-48(55)39-23-24-41-45(47(39)56)52(9,10)27-26-51(41,7)8/h11-25,28-32,56H,26-27H2,1-10H3. The number of imidazole rings is 1. The Labute approximate surface area is 333 Å². The molecule has 0 spiro atoms. The van der Waals surface area contributed by atoms with Gasteiger partial charge in [-0.1, -0.05) is 136 Å². The van der Waals surface area contributed by atoms with E-state index in [0.29, 0.717) is 5.75 Å². The minimum absolute atomic E-state index is 0.0408. The normalized spacial score (nSPS) is 15.2. The van der Waals surface area contributed by atoms with Crippen molar-refractivity contribution in [2.24, 2.45) is 0 Å². The van der Waals surface area contributed by atoms with Crippen LogP contribution in [0.4, 0.5) is 0 Å². The quantitative estimate of drug-likeness (QED) is 0.191. The molecule has 8 rings (SSSR count). The molecule has 0 bridgehead atoms. The van der Waals surface area contributed by atoms with Crippen molar-refractivity contribution in [2.75, 3.05) is 0 Å². The average molecular weight is 738 g/mol. The number of para-hydroxylation sites is 1. The summed E-state index contributed by atoms with van der Waals surface area (Å²) in [6.45, 7) is 22.7. The fraction of sp³-hybridized carbons (Fsp3) is 0.308. The van der Waals surface area contributed by atoms with Crippen molar-refractivity contribution in [1.29, 1.82) is 0 Å². The molecule has 0 aliphatic heterocycles. The van der Waals surface area contributed by atoms with Crippen LogP contribution in [-0.4, -0.2) is 19.6 Å². The Bertz CT molecular complexity index is 2600. The zero-order valence-corrected chi connectivity index (χ0v) is 34.8. The van der Waals surface area contributed by atoms with Crippen LogP contribution in [0.25, 0.3) is 61.6 Å². The van der Waals surface area contributed by atoms with Gasteiger partial charge in [0.05, 0.1) is 28.0 Å². The predicted octanol–water partition coefficient (Wildman–Crippen LogP) is 13.7. The molecule has 0 saturated heterocycles. The highest BCUT2D eigenvalue weighted by atomic mass is 16.3. The van der Waals surface area contributed by atoms with Crippen LogP contribution < -0.4 is 0 Å². The first-order valence-electron chi connectivity index (χ1n) is 20.1. The molecule has 4 heteroatoms. The summed E-state index contributed by atoms with van der Waals surface area (Å²) in [5.74, 6) is 1.06. The molecule has 4 nitrogen and oxygen atoms in total. The van der Waals surface area contributed by atoms with Crippen LogP contribution in [-0.2, 0) is 21.7 Å². The Morgan fingerprint density at radius 3 is 1.98 bits per heavy atom. The van der Waals surface area contributed by atoms with E-state index in [1.807, 2.05) is 18.3 Å². The molecule has 1 aliphatic rings. The molecular formula is C52H55N3O. The number of hydrogen-bond acceptors (Lipinski definition) is 3. The fourth-order valence-corrected chi connectivity index (χ4v) is 8.61. The van der Waals surface area contributed by atoms with E-state index in [4.69, 9.17) is 9.97 Å². The minimum Gasteiger partial charge on any atom is -0.507 e. The van der Waals surface area contributed by atoms with Crippen molar-refractivity contribution in [2.45, 2.75) is 104 Å². The largest absolute Gasteiger partial charge is 0.507 e. The maximum absolute atomic E-state index is 12.6. The SMILES string of the molecule is CC(C)(C)c1cc(-c2ccccn2)cc(-c2cccc3c2nc(-c2ccc4c(c2O)C(C)(C)CCC4(C)C)n3-c2ccc(C(C)(C)C)cc2-c2ccccc2)c1. The molecule has 0 amide bonds. The second-order valence-corrected chi connectivity index (χ2v) is 19.2. The smallest absolute Gasteiger partial charge is 0.149 e. The van der Waals surface area contributed by atoms with Crippen LogP contribution in [0.5, 0.6) is 5.75 Å². The van der Waals surface area contributed by atoms with Crippen LogP contribution in [0.2, 0.25) is 0 Å². The van der Waals surface area contributed by atoms with E-state index in [2.05, 4.69) is 177 Å². The lowest BCUT2D eigenvalue weighted by atomic mass is 9.62. The number of pyridine rings is 1. The van der Waals surface area contributed by atoms with Crippen molar-refractivity contribution in [3.63, 3.8) is 0 Å².